The van der Waals surface area contributed by atoms with Crippen molar-refractivity contribution < 1.29 is 37.6 Å². The smallest absolute Gasteiger partial charge is 0.462 e. The molecule has 59 heavy (non-hydrogen) atoms. The number of hydrogen-bond acceptors (Lipinski definition) is 8. The topological polar surface area (TPSA) is 134 Å². The van der Waals surface area contributed by atoms with E-state index in [0.717, 1.165) is 51.4 Å². The van der Waals surface area contributed by atoms with Gasteiger partial charge in [0.2, 0.25) is 0 Å². The van der Waals surface area contributed by atoms with Crippen molar-refractivity contribution in [3.05, 3.63) is 24.3 Å². The molecule has 0 rings (SSSR count). The number of phosphoric acid groups is 1. The summed E-state index contributed by atoms with van der Waals surface area (Å²) in [6.45, 7) is 3.74. The molecule has 2 atom stereocenters. The van der Waals surface area contributed by atoms with Gasteiger partial charge < -0.3 is 20.1 Å². The van der Waals surface area contributed by atoms with E-state index in [9.17, 15) is 19.0 Å². The van der Waals surface area contributed by atoms with Crippen molar-refractivity contribution in [2.75, 3.05) is 26.4 Å². The quantitative estimate of drug-likeness (QED) is 0.0265. The number of carbonyl (C=O) groups excluding carboxylic acids is 2. The number of esters is 2. The van der Waals surface area contributed by atoms with Gasteiger partial charge in [0.25, 0.3) is 0 Å². The Morgan fingerprint density at radius 2 is 0.881 bits per heavy atom. The molecule has 0 amide bonds. The minimum Gasteiger partial charge on any atom is -0.462 e. The van der Waals surface area contributed by atoms with E-state index in [4.69, 9.17) is 24.3 Å². The van der Waals surface area contributed by atoms with Crippen molar-refractivity contribution in [2.24, 2.45) is 5.73 Å². The molecule has 0 aliphatic rings. The zero-order valence-electron chi connectivity index (χ0n) is 38.5. The molecule has 0 heterocycles. The molecule has 0 aliphatic carbocycles. The highest BCUT2D eigenvalue weighted by Crippen LogP contribution is 2.43. The van der Waals surface area contributed by atoms with Crippen LogP contribution < -0.4 is 5.73 Å². The lowest BCUT2D eigenvalue weighted by molar-refractivity contribution is -0.161. The fourth-order valence-electron chi connectivity index (χ4n) is 7.14. The molecule has 0 saturated heterocycles. The average Bonchev–Trinajstić information content (AvgIpc) is 3.22. The molecule has 0 aromatic heterocycles. The van der Waals surface area contributed by atoms with Crippen LogP contribution in [0.25, 0.3) is 0 Å². The number of carbonyl (C=O) groups is 2. The summed E-state index contributed by atoms with van der Waals surface area (Å²) >= 11 is 0. The van der Waals surface area contributed by atoms with Crippen LogP contribution in [0.1, 0.15) is 245 Å². The summed E-state index contributed by atoms with van der Waals surface area (Å²) in [6, 6.07) is 0. The van der Waals surface area contributed by atoms with Gasteiger partial charge in [-0.15, -0.1) is 0 Å². The summed E-state index contributed by atoms with van der Waals surface area (Å²) in [7, 11) is -4.38. The lowest BCUT2D eigenvalue weighted by atomic mass is 10.0. The second-order valence-electron chi connectivity index (χ2n) is 16.7. The molecule has 0 aromatic rings. The largest absolute Gasteiger partial charge is 0.472 e. The van der Waals surface area contributed by atoms with Crippen LogP contribution in [0.4, 0.5) is 0 Å². The van der Waals surface area contributed by atoms with Crippen molar-refractivity contribution >= 4 is 19.8 Å². The molecule has 2 unspecified atom stereocenters. The Labute approximate surface area is 363 Å². The van der Waals surface area contributed by atoms with Gasteiger partial charge in [-0.3, -0.25) is 18.6 Å². The summed E-state index contributed by atoms with van der Waals surface area (Å²) in [6.07, 6.45) is 50.7. The van der Waals surface area contributed by atoms with Crippen LogP contribution in [0.2, 0.25) is 0 Å². The van der Waals surface area contributed by atoms with E-state index in [0.29, 0.717) is 6.42 Å². The first-order valence-corrected chi connectivity index (χ1v) is 26.3. The lowest BCUT2D eigenvalue weighted by Crippen LogP contribution is -2.29. The fourth-order valence-corrected chi connectivity index (χ4v) is 7.90. The summed E-state index contributed by atoms with van der Waals surface area (Å²) in [5, 5.41) is 0. The first-order valence-electron chi connectivity index (χ1n) is 24.8. The number of rotatable bonds is 47. The second-order valence-corrected chi connectivity index (χ2v) is 18.1. The van der Waals surface area contributed by atoms with Crippen LogP contribution in [-0.4, -0.2) is 49.3 Å². The molecule has 9 nitrogen and oxygen atoms in total. The van der Waals surface area contributed by atoms with Crippen LogP contribution in [0.3, 0.4) is 0 Å². The van der Waals surface area contributed by atoms with Crippen molar-refractivity contribution in [1.29, 1.82) is 0 Å². The highest BCUT2D eigenvalue weighted by molar-refractivity contribution is 7.47. The van der Waals surface area contributed by atoms with E-state index in [1.807, 2.05) is 0 Å². The first kappa shape index (κ1) is 57.5. The van der Waals surface area contributed by atoms with Crippen molar-refractivity contribution in [2.45, 2.75) is 251 Å². The Morgan fingerprint density at radius 3 is 1.32 bits per heavy atom. The zero-order valence-corrected chi connectivity index (χ0v) is 39.4. The second kappa shape index (κ2) is 46.0. The SMILES string of the molecule is CCCCCC=CCC=CCCCCCCCCCC(=O)OC(COC(=O)CCCCCCCCCCCCCCCCCCCCCCC)COP(=O)(O)OCCN. The molecule has 0 saturated carbocycles. The van der Waals surface area contributed by atoms with Crippen LogP contribution >= 0.6 is 7.82 Å². The number of unbranched alkanes of at least 4 members (excludes halogenated alkanes) is 30. The molecule has 10 heteroatoms. The van der Waals surface area contributed by atoms with Gasteiger partial charge in [0.1, 0.15) is 6.61 Å². The van der Waals surface area contributed by atoms with E-state index in [-0.39, 0.29) is 38.6 Å². The van der Waals surface area contributed by atoms with Gasteiger partial charge in [-0.1, -0.05) is 212 Å². The average molecular weight is 856 g/mol. The molecule has 0 aliphatic heterocycles. The van der Waals surface area contributed by atoms with Gasteiger partial charge in [0.05, 0.1) is 13.2 Å². The third-order valence-corrected chi connectivity index (χ3v) is 11.8. The Balaban J connectivity index is 4.03. The number of allylic oxidation sites excluding steroid dienone is 4. The Morgan fingerprint density at radius 1 is 0.508 bits per heavy atom. The monoisotopic (exact) mass is 856 g/mol. The van der Waals surface area contributed by atoms with Gasteiger partial charge in [-0.25, -0.2) is 4.57 Å². The van der Waals surface area contributed by atoms with Gasteiger partial charge in [-0.05, 0) is 44.9 Å². The molecule has 0 spiro atoms. The van der Waals surface area contributed by atoms with Gasteiger partial charge in [0, 0.05) is 19.4 Å². The van der Waals surface area contributed by atoms with Crippen LogP contribution in [0.15, 0.2) is 24.3 Å². The standard InChI is InChI=1S/C49H94NO8P/c1-3-5-7-9-11-13-15-17-19-21-22-23-24-26-27-29-31-33-35-37-39-41-48(51)55-45-47(46-57-59(53,54)56-44-43-50)58-49(52)42-40-38-36-34-32-30-28-25-20-18-16-14-12-10-8-6-4-2/h12,14,18,20,47H,3-11,13,15-17,19,21-46,50H2,1-2H3,(H,53,54). The predicted octanol–water partition coefficient (Wildman–Crippen LogP) is 14.7. The normalized spacial score (nSPS) is 13.4. The van der Waals surface area contributed by atoms with Gasteiger partial charge >= 0.3 is 19.8 Å². The van der Waals surface area contributed by atoms with Gasteiger partial charge in [-0.2, -0.15) is 0 Å². The number of ether oxygens (including phenoxy) is 2. The third-order valence-electron chi connectivity index (χ3n) is 10.8. The Bertz CT molecular complexity index is 1020. The zero-order chi connectivity index (χ0) is 43.2. The van der Waals surface area contributed by atoms with Crippen LogP contribution in [-0.2, 0) is 32.7 Å². The lowest BCUT2D eigenvalue weighted by Gasteiger charge is -2.19. The summed E-state index contributed by atoms with van der Waals surface area (Å²) < 4.78 is 32.9. The highest BCUT2D eigenvalue weighted by atomic mass is 31.2. The molecule has 3 N–H and O–H groups in total. The molecule has 0 aromatic carbocycles. The predicted molar refractivity (Wildman–Crippen MR) is 247 cm³/mol. The maximum atomic E-state index is 12.6. The first-order chi connectivity index (χ1) is 28.8. The molecular weight excluding hydrogens is 762 g/mol. The van der Waals surface area contributed by atoms with Crippen molar-refractivity contribution in [3.8, 4) is 0 Å². The van der Waals surface area contributed by atoms with E-state index in [2.05, 4.69) is 38.2 Å². The van der Waals surface area contributed by atoms with E-state index < -0.39 is 26.5 Å². The molecule has 0 fully saturated rings. The highest BCUT2D eigenvalue weighted by Gasteiger charge is 2.26. The summed E-state index contributed by atoms with van der Waals surface area (Å²) in [4.78, 5) is 35.0. The molecule has 348 valence electrons. The van der Waals surface area contributed by atoms with Crippen LogP contribution in [0, 0.1) is 0 Å². The molecule has 0 radical (unpaired) electrons. The number of nitrogens with two attached hydrogens (primary N) is 1. The number of phosphoric ester groups is 1. The maximum absolute atomic E-state index is 12.6. The fraction of sp³-hybridized carbons (Fsp3) is 0.878. The number of hydrogen-bond donors (Lipinski definition) is 2. The minimum absolute atomic E-state index is 0.0538. The molecule has 0 bridgehead atoms. The van der Waals surface area contributed by atoms with Crippen LogP contribution in [0.5, 0.6) is 0 Å². The van der Waals surface area contributed by atoms with E-state index in [1.54, 1.807) is 0 Å². The minimum atomic E-state index is -4.38. The molecular formula is C49H94NO8P. The Kier molecular flexibility index (Phi) is 44.8. The summed E-state index contributed by atoms with van der Waals surface area (Å²) in [5.74, 6) is -0.825. The van der Waals surface area contributed by atoms with E-state index in [1.165, 1.54) is 161 Å². The van der Waals surface area contributed by atoms with Crippen molar-refractivity contribution in [3.63, 3.8) is 0 Å². The van der Waals surface area contributed by atoms with Crippen molar-refractivity contribution in [1.82, 2.24) is 0 Å². The maximum Gasteiger partial charge on any atom is 0.472 e. The third kappa shape index (κ3) is 45.8. The van der Waals surface area contributed by atoms with E-state index >= 15 is 0 Å². The summed E-state index contributed by atoms with van der Waals surface area (Å²) in [5.41, 5.74) is 5.36. The van der Waals surface area contributed by atoms with Gasteiger partial charge in [0.15, 0.2) is 6.10 Å². The Hall–Kier alpha value is -1.51.